The maximum absolute atomic E-state index is 12.5. The third-order valence-corrected chi connectivity index (χ3v) is 6.53. The highest BCUT2D eigenvalue weighted by Gasteiger charge is 2.26. The van der Waals surface area contributed by atoms with E-state index >= 15 is 0 Å². The van der Waals surface area contributed by atoms with Gasteiger partial charge in [0.1, 0.15) is 5.76 Å². The van der Waals surface area contributed by atoms with E-state index in [0.717, 1.165) is 24.2 Å². The van der Waals surface area contributed by atoms with Gasteiger partial charge in [0.15, 0.2) is 0 Å². The van der Waals surface area contributed by atoms with Crippen molar-refractivity contribution in [1.82, 2.24) is 9.62 Å². The molecule has 0 aliphatic carbocycles. The van der Waals surface area contributed by atoms with Gasteiger partial charge in [0.05, 0.1) is 17.2 Å². The standard InChI is InChI=1S/C19H24N2O4S/c1-15(18-5-4-14-25-18)20-19(22)11-8-16-6-9-17(10-7-16)26(23,24)21-12-2-3-13-21/h4-7,9-10,14-15H,2-3,8,11-13H2,1H3,(H,20,22). The van der Waals surface area contributed by atoms with Crippen molar-refractivity contribution < 1.29 is 17.6 Å². The van der Waals surface area contributed by atoms with E-state index in [4.69, 9.17) is 4.42 Å². The molecular weight excluding hydrogens is 352 g/mol. The average Bonchev–Trinajstić information content (AvgIpc) is 3.33. The number of nitrogens with zero attached hydrogens (tertiary/aromatic N) is 1. The summed E-state index contributed by atoms with van der Waals surface area (Å²) < 4.78 is 31.8. The number of furan rings is 1. The van der Waals surface area contributed by atoms with Crippen molar-refractivity contribution in [3.05, 3.63) is 54.0 Å². The van der Waals surface area contributed by atoms with E-state index in [-0.39, 0.29) is 11.9 Å². The number of carbonyl (C=O) groups is 1. The molecule has 2 heterocycles. The Labute approximate surface area is 154 Å². The van der Waals surface area contributed by atoms with Crippen LogP contribution in [0.4, 0.5) is 0 Å². The maximum atomic E-state index is 12.5. The second-order valence-electron chi connectivity index (χ2n) is 6.56. The van der Waals surface area contributed by atoms with Gasteiger partial charge in [0, 0.05) is 19.5 Å². The van der Waals surface area contributed by atoms with Gasteiger partial charge in [-0.25, -0.2) is 8.42 Å². The Bertz CT molecular complexity index is 823. The molecule has 3 rings (SSSR count). The molecule has 1 aliphatic rings. The lowest BCUT2D eigenvalue weighted by Crippen LogP contribution is -2.27. The van der Waals surface area contributed by atoms with Gasteiger partial charge in [-0.3, -0.25) is 4.79 Å². The molecule has 0 spiro atoms. The molecule has 1 atom stereocenters. The third-order valence-electron chi connectivity index (χ3n) is 4.61. The third kappa shape index (κ3) is 4.34. The van der Waals surface area contributed by atoms with Crippen molar-refractivity contribution in [3.8, 4) is 0 Å². The topological polar surface area (TPSA) is 79.6 Å². The minimum absolute atomic E-state index is 0.0670. The molecule has 1 aromatic carbocycles. The summed E-state index contributed by atoms with van der Waals surface area (Å²) in [5.41, 5.74) is 0.936. The SMILES string of the molecule is CC(NC(=O)CCc1ccc(S(=O)(=O)N2CCCC2)cc1)c1ccco1. The fraction of sp³-hybridized carbons (Fsp3) is 0.421. The van der Waals surface area contributed by atoms with Gasteiger partial charge < -0.3 is 9.73 Å². The molecule has 7 heteroatoms. The number of sulfonamides is 1. The Morgan fingerprint density at radius 2 is 1.88 bits per heavy atom. The summed E-state index contributed by atoms with van der Waals surface area (Å²) in [5.74, 6) is 0.650. The first-order valence-corrected chi connectivity index (χ1v) is 10.3. The van der Waals surface area contributed by atoms with Crippen LogP contribution in [0.1, 0.15) is 43.6 Å². The van der Waals surface area contributed by atoms with Crippen LogP contribution < -0.4 is 5.32 Å². The summed E-state index contributed by atoms with van der Waals surface area (Å²) >= 11 is 0. The summed E-state index contributed by atoms with van der Waals surface area (Å²) in [6, 6.07) is 10.3. The zero-order valence-electron chi connectivity index (χ0n) is 14.8. The Kier molecular flexibility index (Phi) is 5.78. The molecule has 2 aromatic rings. The number of hydrogen-bond acceptors (Lipinski definition) is 4. The van der Waals surface area contributed by atoms with Crippen LogP contribution in [0.25, 0.3) is 0 Å². The van der Waals surface area contributed by atoms with E-state index in [9.17, 15) is 13.2 Å². The number of amides is 1. The highest BCUT2D eigenvalue weighted by Crippen LogP contribution is 2.21. The number of hydrogen-bond donors (Lipinski definition) is 1. The molecule has 0 saturated carbocycles. The lowest BCUT2D eigenvalue weighted by molar-refractivity contribution is -0.121. The van der Waals surface area contributed by atoms with Crippen molar-refractivity contribution in [1.29, 1.82) is 0 Å². The number of aryl methyl sites for hydroxylation is 1. The Hall–Kier alpha value is -2.12. The number of carbonyl (C=O) groups excluding carboxylic acids is 1. The Balaban J connectivity index is 1.53. The fourth-order valence-corrected chi connectivity index (χ4v) is 4.60. The predicted octanol–water partition coefficient (Wildman–Crippen LogP) is 2.87. The number of rotatable bonds is 7. The molecule has 1 aromatic heterocycles. The van der Waals surface area contributed by atoms with Crippen LogP contribution in [0.2, 0.25) is 0 Å². The van der Waals surface area contributed by atoms with Gasteiger partial charge in [0.2, 0.25) is 15.9 Å². The Morgan fingerprint density at radius 1 is 1.19 bits per heavy atom. The second-order valence-corrected chi connectivity index (χ2v) is 8.50. The number of benzene rings is 1. The number of nitrogens with one attached hydrogen (secondary N) is 1. The monoisotopic (exact) mass is 376 g/mol. The normalized spacial score (nSPS) is 16.5. The van der Waals surface area contributed by atoms with Crippen LogP contribution in [0.5, 0.6) is 0 Å². The van der Waals surface area contributed by atoms with Crippen LogP contribution in [0, 0.1) is 0 Å². The molecule has 140 valence electrons. The predicted molar refractivity (Wildman–Crippen MR) is 98.0 cm³/mol. The molecule has 1 amide bonds. The zero-order valence-corrected chi connectivity index (χ0v) is 15.7. The van der Waals surface area contributed by atoms with Crippen LogP contribution in [0.15, 0.2) is 52.0 Å². The Morgan fingerprint density at radius 3 is 2.50 bits per heavy atom. The summed E-state index contributed by atoms with van der Waals surface area (Å²) in [6.07, 6.45) is 4.31. The highest BCUT2D eigenvalue weighted by atomic mass is 32.2. The van der Waals surface area contributed by atoms with Crippen LogP contribution in [0.3, 0.4) is 0 Å². The minimum atomic E-state index is -3.38. The van der Waals surface area contributed by atoms with Gasteiger partial charge in [-0.05, 0) is 56.0 Å². The van der Waals surface area contributed by atoms with Crippen molar-refractivity contribution in [2.75, 3.05) is 13.1 Å². The fourth-order valence-electron chi connectivity index (χ4n) is 3.09. The molecule has 0 radical (unpaired) electrons. The first-order chi connectivity index (χ1) is 12.5. The molecule has 26 heavy (non-hydrogen) atoms. The highest BCUT2D eigenvalue weighted by molar-refractivity contribution is 7.89. The van der Waals surface area contributed by atoms with E-state index < -0.39 is 10.0 Å². The first-order valence-electron chi connectivity index (χ1n) is 8.88. The van der Waals surface area contributed by atoms with Crippen molar-refractivity contribution >= 4 is 15.9 Å². The minimum Gasteiger partial charge on any atom is -0.467 e. The molecular formula is C19H24N2O4S. The van der Waals surface area contributed by atoms with E-state index in [2.05, 4.69) is 5.32 Å². The van der Waals surface area contributed by atoms with E-state index in [0.29, 0.717) is 30.8 Å². The van der Waals surface area contributed by atoms with Gasteiger partial charge in [-0.2, -0.15) is 4.31 Å². The largest absolute Gasteiger partial charge is 0.467 e. The van der Waals surface area contributed by atoms with E-state index in [1.54, 1.807) is 36.6 Å². The second kappa shape index (κ2) is 8.05. The molecule has 1 aliphatic heterocycles. The molecule has 1 fully saturated rings. The van der Waals surface area contributed by atoms with Crippen molar-refractivity contribution in [2.45, 2.75) is 43.5 Å². The smallest absolute Gasteiger partial charge is 0.243 e. The summed E-state index contributed by atoms with van der Waals surface area (Å²) in [7, 11) is -3.38. The van der Waals surface area contributed by atoms with E-state index in [1.807, 2.05) is 13.0 Å². The maximum Gasteiger partial charge on any atom is 0.243 e. The van der Waals surface area contributed by atoms with Gasteiger partial charge in [0.25, 0.3) is 0 Å². The van der Waals surface area contributed by atoms with E-state index in [1.165, 1.54) is 4.31 Å². The summed E-state index contributed by atoms with van der Waals surface area (Å²) in [4.78, 5) is 12.4. The lowest BCUT2D eigenvalue weighted by Gasteiger charge is -2.15. The van der Waals surface area contributed by atoms with Crippen molar-refractivity contribution in [3.63, 3.8) is 0 Å². The van der Waals surface area contributed by atoms with Crippen molar-refractivity contribution in [2.24, 2.45) is 0 Å². The lowest BCUT2D eigenvalue weighted by atomic mass is 10.1. The van der Waals surface area contributed by atoms with Crippen LogP contribution in [-0.2, 0) is 21.2 Å². The van der Waals surface area contributed by atoms with Gasteiger partial charge in [-0.1, -0.05) is 12.1 Å². The molecule has 1 saturated heterocycles. The molecule has 6 nitrogen and oxygen atoms in total. The summed E-state index contributed by atoms with van der Waals surface area (Å²) in [6.45, 7) is 3.06. The molecule has 1 unspecified atom stereocenters. The zero-order chi connectivity index (χ0) is 18.6. The average molecular weight is 376 g/mol. The summed E-state index contributed by atoms with van der Waals surface area (Å²) in [5, 5.41) is 2.89. The van der Waals surface area contributed by atoms with Crippen LogP contribution in [-0.4, -0.2) is 31.7 Å². The molecule has 1 N–H and O–H groups in total. The first kappa shape index (κ1) is 18.7. The molecule has 0 bridgehead atoms. The van der Waals surface area contributed by atoms with Crippen LogP contribution >= 0.6 is 0 Å². The quantitative estimate of drug-likeness (QED) is 0.806. The van der Waals surface area contributed by atoms with Gasteiger partial charge in [-0.15, -0.1) is 0 Å². The van der Waals surface area contributed by atoms with Gasteiger partial charge >= 0.3 is 0 Å².